The molecule has 2 rings (SSSR count). The van der Waals surface area contributed by atoms with Gasteiger partial charge in [0.2, 0.25) is 5.91 Å². The van der Waals surface area contributed by atoms with Crippen LogP contribution >= 0.6 is 11.3 Å². The summed E-state index contributed by atoms with van der Waals surface area (Å²) in [4.78, 5) is 36.8. The first-order chi connectivity index (χ1) is 12.8. The van der Waals surface area contributed by atoms with Crippen molar-refractivity contribution in [3.63, 3.8) is 0 Å². The second kappa shape index (κ2) is 9.04. The fourth-order valence-corrected chi connectivity index (χ4v) is 2.90. The smallest absolute Gasteiger partial charge is 0.341 e. The van der Waals surface area contributed by atoms with Gasteiger partial charge in [-0.25, -0.2) is 4.79 Å². The highest BCUT2D eigenvalue weighted by atomic mass is 32.1. The second-order valence-corrected chi connectivity index (χ2v) is 6.54. The van der Waals surface area contributed by atoms with Crippen molar-refractivity contribution in [1.82, 2.24) is 0 Å². The van der Waals surface area contributed by atoms with E-state index in [0.29, 0.717) is 5.75 Å². The van der Waals surface area contributed by atoms with Gasteiger partial charge >= 0.3 is 5.97 Å². The van der Waals surface area contributed by atoms with E-state index in [1.807, 2.05) is 17.5 Å². The summed E-state index contributed by atoms with van der Waals surface area (Å²) in [6, 6.07) is 6.51. The number of carbonyl (C=O) groups is 3. The Morgan fingerprint density at radius 3 is 2.41 bits per heavy atom. The topological polar surface area (TPSA) is 117 Å². The highest BCUT2D eigenvalue weighted by molar-refractivity contribution is 7.10. The van der Waals surface area contributed by atoms with Crippen molar-refractivity contribution in [1.29, 1.82) is 0 Å². The largest absolute Gasteiger partial charge is 0.493 e. The molecule has 1 heterocycles. The van der Waals surface area contributed by atoms with Crippen LogP contribution in [0.3, 0.4) is 0 Å². The molecule has 2 aromatic rings. The molecule has 0 unspecified atom stereocenters. The summed E-state index contributed by atoms with van der Waals surface area (Å²) in [5, 5.41) is 4.54. The van der Waals surface area contributed by atoms with Gasteiger partial charge in [0, 0.05) is 17.0 Å². The fourth-order valence-electron chi connectivity index (χ4n) is 2.20. The third kappa shape index (κ3) is 5.20. The Morgan fingerprint density at radius 2 is 1.85 bits per heavy atom. The van der Waals surface area contributed by atoms with E-state index >= 15 is 0 Å². The zero-order chi connectivity index (χ0) is 20.0. The highest BCUT2D eigenvalue weighted by Gasteiger charge is 2.23. The van der Waals surface area contributed by atoms with Crippen LogP contribution in [0.1, 0.15) is 22.2 Å². The van der Waals surface area contributed by atoms with Crippen molar-refractivity contribution in [3.05, 3.63) is 40.1 Å². The molecule has 0 aliphatic rings. The fraction of sp³-hybridized carbons (Fsp3) is 0.278. The molecule has 0 radical (unpaired) electrons. The number of ether oxygens (including phenoxy) is 3. The molecule has 1 aromatic heterocycles. The van der Waals surface area contributed by atoms with E-state index < -0.39 is 18.0 Å². The number of hydrogen-bond acceptors (Lipinski definition) is 7. The van der Waals surface area contributed by atoms with Crippen LogP contribution in [0.2, 0.25) is 0 Å². The summed E-state index contributed by atoms with van der Waals surface area (Å²) < 4.78 is 15.4. The normalized spacial score (nSPS) is 11.4. The molecule has 144 valence electrons. The van der Waals surface area contributed by atoms with Crippen LogP contribution in [0, 0.1) is 0 Å². The van der Waals surface area contributed by atoms with Crippen LogP contribution < -0.4 is 20.5 Å². The summed E-state index contributed by atoms with van der Waals surface area (Å²) >= 11 is 1.45. The molecule has 2 amide bonds. The van der Waals surface area contributed by atoms with Crippen molar-refractivity contribution in [2.24, 2.45) is 5.73 Å². The number of rotatable bonds is 8. The maximum absolute atomic E-state index is 12.5. The molecule has 0 fully saturated rings. The Labute approximate surface area is 160 Å². The summed E-state index contributed by atoms with van der Waals surface area (Å²) in [6.45, 7) is 1.36. The number of nitrogens with one attached hydrogen (secondary N) is 1. The van der Waals surface area contributed by atoms with E-state index in [1.54, 1.807) is 0 Å². The van der Waals surface area contributed by atoms with Crippen LogP contribution in [0.25, 0.3) is 0 Å². The minimum atomic E-state index is -1.12. The van der Waals surface area contributed by atoms with Crippen molar-refractivity contribution in [3.8, 4) is 11.5 Å². The molecule has 0 aliphatic heterocycles. The Kier molecular flexibility index (Phi) is 6.78. The number of benzene rings is 1. The van der Waals surface area contributed by atoms with Gasteiger partial charge in [-0.2, -0.15) is 0 Å². The third-order valence-corrected chi connectivity index (χ3v) is 4.49. The Morgan fingerprint density at radius 1 is 1.19 bits per heavy atom. The number of carbonyl (C=O) groups excluding carboxylic acids is 3. The molecule has 0 bridgehead atoms. The number of methoxy groups -OCH3 is 2. The number of esters is 1. The summed E-state index contributed by atoms with van der Waals surface area (Å²) in [7, 11) is 2.84. The zero-order valence-corrected chi connectivity index (χ0v) is 15.9. The maximum atomic E-state index is 12.5. The maximum Gasteiger partial charge on any atom is 0.341 e. The van der Waals surface area contributed by atoms with Crippen LogP contribution in [0.15, 0.2) is 29.6 Å². The molecule has 8 nitrogen and oxygen atoms in total. The first-order valence-corrected chi connectivity index (χ1v) is 8.82. The third-order valence-electron chi connectivity index (χ3n) is 3.62. The molecule has 27 heavy (non-hydrogen) atoms. The van der Waals surface area contributed by atoms with Gasteiger partial charge in [0.15, 0.2) is 17.6 Å². The SMILES string of the molecule is COc1cc(NC(=O)Cc2cccs2)c(C(=O)O[C@@H](C)C(N)=O)cc1OC. The predicted octanol–water partition coefficient (Wildman–Crippen LogP) is 1.98. The lowest BCUT2D eigenvalue weighted by Gasteiger charge is -2.16. The van der Waals surface area contributed by atoms with Crippen LogP contribution in [0.5, 0.6) is 11.5 Å². The van der Waals surface area contributed by atoms with Crippen molar-refractivity contribution >= 4 is 34.8 Å². The molecule has 1 atom stereocenters. The Hall–Kier alpha value is -3.07. The lowest BCUT2D eigenvalue weighted by Crippen LogP contribution is -2.30. The van der Waals surface area contributed by atoms with E-state index in [-0.39, 0.29) is 29.3 Å². The zero-order valence-electron chi connectivity index (χ0n) is 15.1. The van der Waals surface area contributed by atoms with Crippen molar-refractivity contribution < 1.29 is 28.6 Å². The molecule has 1 aromatic carbocycles. The molecule has 0 aliphatic carbocycles. The average molecular weight is 392 g/mol. The van der Waals surface area contributed by atoms with Gasteiger partial charge in [-0.1, -0.05) is 6.07 Å². The minimum Gasteiger partial charge on any atom is -0.493 e. The van der Waals surface area contributed by atoms with Gasteiger partial charge in [0.25, 0.3) is 5.91 Å². The van der Waals surface area contributed by atoms with Crippen LogP contribution in [-0.2, 0) is 20.7 Å². The van der Waals surface area contributed by atoms with Gasteiger partial charge in [0.05, 0.1) is 31.9 Å². The van der Waals surface area contributed by atoms with Gasteiger partial charge in [0.1, 0.15) is 0 Å². The van der Waals surface area contributed by atoms with Gasteiger partial charge in [-0.15, -0.1) is 11.3 Å². The van der Waals surface area contributed by atoms with Gasteiger partial charge in [-0.3, -0.25) is 9.59 Å². The van der Waals surface area contributed by atoms with E-state index in [4.69, 9.17) is 19.9 Å². The average Bonchev–Trinajstić information content (AvgIpc) is 3.13. The molecule has 9 heteroatoms. The van der Waals surface area contributed by atoms with E-state index in [1.165, 1.54) is 44.6 Å². The Balaban J connectivity index is 2.33. The Bertz CT molecular complexity index is 835. The quantitative estimate of drug-likeness (QED) is 0.664. The molecular formula is C18H20N2O6S. The summed E-state index contributed by atoms with van der Waals surface area (Å²) in [6.07, 6.45) is -0.974. The van der Waals surface area contributed by atoms with Crippen LogP contribution in [0.4, 0.5) is 5.69 Å². The first-order valence-electron chi connectivity index (χ1n) is 7.94. The number of thiophene rings is 1. The minimum absolute atomic E-state index is 0.0141. The highest BCUT2D eigenvalue weighted by Crippen LogP contribution is 2.34. The van der Waals surface area contributed by atoms with Crippen LogP contribution in [-0.4, -0.2) is 38.1 Å². The molecule has 0 saturated heterocycles. The summed E-state index contributed by atoms with van der Waals surface area (Å²) in [5.74, 6) is -1.33. The van der Waals surface area contributed by atoms with E-state index in [9.17, 15) is 14.4 Å². The number of nitrogens with two attached hydrogens (primary N) is 1. The molecule has 3 N–H and O–H groups in total. The monoisotopic (exact) mass is 392 g/mol. The predicted molar refractivity (Wildman–Crippen MR) is 100 cm³/mol. The second-order valence-electron chi connectivity index (χ2n) is 5.51. The molecule has 0 spiro atoms. The summed E-state index contributed by atoms with van der Waals surface area (Å²) in [5.41, 5.74) is 5.32. The standard InChI is InChI=1S/C18H20N2O6S/c1-10(17(19)22)26-18(23)12-8-14(24-2)15(25-3)9-13(12)20-16(21)7-11-5-4-6-27-11/h4-6,8-10H,7H2,1-3H3,(H2,19,22)(H,20,21)/t10-/m0/s1. The van der Waals surface area contributed by atoms with Crippen molar-refractivity contribution in [2.75, 3.05) is 19.5 Å². The number of hydrogen-bond donors (Lipinski definition) is 2. The molecule has 0 saturated carbocycles. The molecular weight excluding hydrogens is 372 g/mol. The van der Waals surface area contributed by atoms with Gasteiger partial charge in [-0.05, 0) is 18.4 Å². The van der Waals surface area contributed by atoms with Gasteiger partial charge < -0.3 is 25.3 Å². The lowest BCUT2D eigenvalue weighted by molar-refractivity contribution is -0.125. The first kappa shape index (κ1) is 20.2. The number of primary amides is 1. The van der Waals surface area contributed by atoms with E-state index in [0.717, 1.165) is 4.88 Å². The lowest BCUT2D eigenvalue weighted by atomic mass is 10.1. The number of anilines is 1. The van der Waals surface area contributed by atoms with E-state index in [2.05, 4.69) is 5.32 Å². The van der Waals surface area contributed by atoms with Crippen molar-refractivity contribution in [2.45, 2.75) is 19.4 Å². The number of amides is 2.